The van der Waals surface area contributed by atoms with Gasteiger partial charge in [-0.2, -0.15) is 8.78 Å². The number of hydrogen-bond acceptors (Lipinski definition) is 4. The minimum Gasteiger partial charge on any atom is -0.417 e. The van der Waals surface area contributed by atoms with Crippen LogP contribution in [-0.4, -0.2) is 16.6 Å². The molecule has 2 heterocycles. The third-order valence-corrected chi connectivity index (χ3v) is 2.02. The van der Waals surface area contributed by atoms with Crippen molar-refractivity contribution >= 4 is 5.69 Å². The highest BCUT2D eigenvalue weighted by Gasteiger charge is 2.03. The first kappa shape index (κ1) is 18.8. The van der Waals surface area contributed by atoms with E-state index in [-0.39, 0.29) is 5.88 Å². The van der Waals surface area contributed by atoms with E-state index in [4.69, 9.17) is 5.73 Å². The van der Waals surface area contributed by atoms with Gasteiger partial charge < -0.3 is 10.5 Å². The van der Waals surface area contributed by atoms with Crippen LogP contribution in [0.3, 0.4) is 0 Å². The Morgan fingerprint density at radius 1 is 1.10 bits per heavy atom. The monoisotopic (exact) mass is 297 g/mol. The van der Waals surface area contributed by atoms with E-state index in [1.807, 2.05) is 33.0 Å². The summed E-state index contributed by atoms with van der Waals surface area (Å²) in [5.41, 5.74) is 8.02. The lowest BCUT2D eigenvalue weighted by molar-refractivity contribution is -0.0528. The maximum atomic E-state index is 11.5. The summed E-state index contributed by atoms with van der Waals surface area (Å²) in [6.07, 6.45) is 3.07. The van der Waals surface area contributed by atoms with Gasteiger partial charge in [0, 0.05) is 18.0 Å². The van der Waals surface area contributed by atoms with Gasteiger partial charge in [0.05, 0.1) is 11.9 Å². The van der Waals surface area contributed by atoms with Crippen LogP contribution in [0.2, 0.25) is 0 Å². The number of nitrogens with zero attached hydrogens (tertiary/aromatic N) is 2. The molecule has 0 atom stereocenters. The fourth-order valence-corrected chi connectivity index (χ4v) is 1.24. The summed E-state index contributed by atoms with van der Waals surface area (Å²) in [7, 11) is 0. The molecule has 2 rings (SSSR count). The number of nitrogens with two attached hydrogens (primary N) is 1. The van der Waals surface area contributed by atoms with Gasteiger partial charge in [0.15, 0.2) is 0 Å². The topological polar surface area (TPSA) is 61.0 Å². The van der Waals surface area contributed by atoms with Crippen LogP contribution in [0.15, 0.2) is 36.7 Å². The number of alkyl halides is 2. The van der Waals surface area contributed by atoms with E-state index in [0.29, 0.717) is 5.69 Å². The second-order valence-corrected chi connectivity index (χ2v) is 3.78. The molecule has 0 amide bonds. The lowest BCUT2D eigenvalue weighted by Crippen LogP contribution is -2.03. The predicted octanol–water partition coefficient (Wildman–Crippen LogP) is 3.99. The number of aromatic nitrogens is 2. The van der Waals surface area contributed by atoms with E-state index in [1.165, 1.54) is 23.9 Å². The lowest BCUT2D eigenvalue weighted by Gasteiger charge is -2.01. The van der Waals surface area contributed by atoms with Crippen molar-refractivity contribution < 1.29 is 13.5 Å². The van der Waals surface area contributed by atoms with Crippen LogP contribution >= 0.6 is 0 Å². The second kappa shape index (κ2) is 10.5. The van der Waals surface area contributed by atoms with Gasteiger partial charge in [-0.05, 0) is 37.6 Å². The van der Waals surface area contributed by atoms with Gasteiger partial charge in [0.2, 0.25) is 5.88 Å². The molecule has 0 spiro atoms. The molecule has 116 valence electrons. The molecule has 0 aliphatic heterocycles. The largest absolute Gasteiger partial charge is 0.417 e. The molecule has 0 fully saturated rings. The molecule has 0 aliphatic carbocycles. The third-order valence-electron chi connectivity index (χ3n) is 2.02. The molecule has 0 saturated carbocycles. The zero-order chi connectivity index (χ0) is 16.3. The number of anilines is 1. The number of hydrogen-bond donors (Lipinski definition) is 1. The van der Waals surface area contributed by atoms with Crippen LogP contribution in [-0.2, 0) is 0 Å². The smallest absolute Gasteiger partial charge is 0.388 e. The summed E-state index contributed by atoms with van der Waals surface area (Å²) < 4.78 is 27.0. The Labute approximate surface area is 124 Å². The molecule has 0 bridgehead atoms. The van der Waals surface area contributed by atoms with Gasteiger partial charge in [-0.15, -0.1) is 0 Å². The van der Waals surface area contributed by atoms with Gasteiger partial charge in [-0.1, -0.05) is 13.8 Å². The maximum Gasteiger partial charge on any atom is 0.388 e. The third kappa shape index (κ3) is 9.32. The minimum atomic E-state index is -2.84. The van der Waals surface area contributed by atoms with Crippen molar-refractivity contribution in [3.8, 4) is 5.88 Å². The van der Waals surface area contributed by atoms with Crippen molar-refractivity contribution in [3.05, 3.63) is 47.9 Å². The van der Waals surface area contributed by atoms with E-state index in [0.717, 1.165) is 5.69 Å². The predicted molar refractivity (Wildman–Crippen MR) is 80.3 cm³/mol. The molecular formula is C15H21F2N3O. The molecule has 2 aromatic heterocycles. The number of rotatable bonds is 2. The molecule has 0 saturated heterocycles. The molecule has 0 unspecified atom stereocenters. The van der Waals surface area contributed by atoms with Crippen molar-refractivity contribution in [2.75, 3.05) is 5.73 Å². The standard InChI is InChI=1S/C7H9N.C6H6F2N2O.C2H6/c1-6-3-4-8-7(2)5-6;7-6(8)11-5-2-1-4(9)3-10-5;1-2/h3-5H,1-2H3;1-3,6H,9H2;1-2H3. The molecule has 4 nitrogen and oxygen atoms in total. The number of halogens is 2. The highest BCUT2D eigenvalue weighted by Crippen LogP contribution is 2.10. The van der Waals surface area contributed by atoms with E-state index in [2.05, 4.69) is 27.7 Å². The van der Waals surface area contributed by atoms with Crippen LogP contribution in [0.5, 0.6) is 5.88 Å². The van der Waals surface area contributed by atoms with E-state index >= 15 is 0 Å². The fourth-order valence-electron chi connectivity index (χ4n) is 1.24. The van der Waals surface area contributed by atoms with Crippen molar-refractivity contribution in [3.63, 3.8) is 0 Å². The quantitative estimate of drug-likeness (QED) is 0.910. The Hall–Kier alpha value is -2.24. The van der Waals surface area contributed by atoms with Gasteiger partial charge in [-0.3, -0.25) is 4.98 Å². The average molecular weight is 297 g/mol. The van der Waals surface area contributed by atoms with Gasteiger partial charge in [0.1, 0.15) is 0 Å². The number of nitrogen functional groups attached to an aromatic ring is 1. The summed E-state index contributed by atoms with van der Waals surface area (Å²) in [6.45, 7) is 5.22. The first-order valence-electron chi connectivity index (χ1n) is 6.53. The summed E-state index contributed by atoms with van der Waals surface area (Å²) in [5, 5.41) is 0. The molecule has 2 N–H and O–H groups in total. The van der Waals surface area contributed by atoms with Gasteiger partial charge in [0.25, 0.3) is 0 Å². The Morgan fingerprint density at radius 3 is 2.14 bits per heavy atom. The fraction of sp³-hybridized carbons (Fsp3) is 0.333. The number of ether oxygens (including phenoxy) is 1. The summed E-state index contributed by atoms with van der Waals surface area (Å²) in [6, 6.07) is 6.76. The highest BCUT2D eigenvalue weighted by atomic mass is 19.3. The van der Waals surface area contributed by atoms with Crippen molar-refractivity contribution in [1.29, 1.82) is 0 Å². The Bertz CT molecular complexity index is 487. The van der Waals surface area contributed by atoms with Crippen LogP contribution in [0.1, 0.15) is 25.1 Å². The van der Waals surface area contributed by atoms with Crippen molar-refractivity contribution in [1.82, 2.24) is 9.97 Å². The summed E-state index contributed by atoms with van der Waals surface area (Å²) in [5.74, 6) is -0.130. The van der Waals surface area contributed by atoms with E-state index in [1.54, 1.807) is 0 Å². The van der Waals surface area contributed by atoms with Crippen molar-refractivity contribution in [2.45, 2.75) is 34.3 Å². The Balaban J connectivity index is 0.000000354. The van der Waals surface area contributed by atoms with Crippen LogP contribution in [0.4, 0.5) is 14.5 Å². The highest BCUT2D eigenvalue weighted by molar-refractivity contribution is 5.35. The van der Waals surface area contributed by atoms with Gasteiger partial charge >= 0.3 is 6.61 Å². The molecular weight excluding hydrogens is 276 g/mol. The van der Waals surface area contributed by atoms with Crippen LogP contribution in [0, 0.1) is 13.8 Å². The molecule has 21 heavy (non-hydrogen) atoms. The van der Waals surface area contributed by atoms with E-state index < -0.39 is 6.61 Å². The summed E-state index contributed by atoms with van der Waals surface area (Å²) in [4.78, 5) is 7.53. The molecule has 6 heteroatoms. The molecule has 0 aromatic carbocycles. The summed E-state index contributed by atoms with van der Waals surface area (Å²) >= 11 is 0. The average Bonchev–Trinajstić information content (AvgIpc) is 2.44. The maximum absolute atomic E-state index is 11.5. The minimum absolute atomic E-state index is 0.130. The number of pyridine rings is 2. The van der Waals surface area contributed by atoms with Crippen LogP contribution < -0.4 is 10.5 Å². The Kier molecular flexibility index (Phi) is 9.41. The Morgan fingerprint density at radius 2 is 1.76 bits per heavy atom. The molecule has 0 aliphatic rings. The van der Waals surface area contributed by atoms with E-state index in [9.17, 15) is 8.78 Å². The van der Waals surface area contributed by atoms with Gasteiger partial charge in [-0.25, -0.2) is 4.98 Å². The first-order valence-corrected chi connectivity index (χ1v) is 6.53. The normalized spacial score (nSPS) is 9.10. The SMILES string of the molecule is CC.Cc1ccnc(C)c1.Nc1ccc(OC(F)F)nc1. The molecule has 2 aromatic rings. The zero-order valence-electron chi connectivity index (χ0n) is 12.7. The lowest BCUT2D eigenvalue weighted by atomic mass is 10.3. The second-order valence-electron chi connectivity index (χ2n) is 3.78. The number of aryl methyl sites for hydroxylation is 2. The first-order chi connectivity index (χ1) is 9.97. The van der Waals surface area contributed by atoms with Crippen molar-refractivity contribution in [2.24, 2.45) is 0 Å². The van der Waals surface area contributed by atoms with Crippen LogP contribution in [0.25, 0.3) is 0 Å². The zero-order valence-corrected chi connectivity index (χ0v) is 12.7. The molecule has 0 radical (unpaired) electrons.